The number of ether oxygens (including phenoxy) is 2. The molecule has 0 saturated heterocycles. The number of nitrogens with one attached hydrogen (secondary N) is 1. The molecule has 1 amide bonds. The maximum atomic E-state index is 13.3. The fourth-order valence-electron chi connectivity index (χ4n) is 3.43. The van der Waals surface area contributed by atoms with Crippen LogP contribution in [0.25, 0.3) is 16.7 Å². The Morgan fingerprint density at radius 3 is 2.45 bits per heavy atom. The van der Waals surface area contributed by atoms with Crippen LogP contribution in [0.4, 0.5) is 5.69 Å². The van der Waals surface area contributed by atoms with Crippen molar-refractivity contribution in [1.82, 2.24) is 14.1 Å². The molecule has 168 valence electrons. The summed E-state index contributed by atoms with van der Waals surface area (Å²) in [6.07, 6.45) is 1.50. The molecule has 2 aromatic carbocycles. The number of pyridine rings is 1. The van der Waals surface area contributed by atoms with Gasteiger partial charge >= 0.3 is 5.69 Å². The van der Waals surface area contributed by atoms with Crippen LogP contribution in [-0.4, -0.2) is 34.2 Å². The van der Waals surface area contributed by atoms with Gasteiger partial charge in [-0.3, -0.25) is 9.59 Å². The molecule has 2 heterocycles. The van der Waals surface area contributed by atoms with Crippen LogP contribution in [0.1, 0.15) is 0 Å². The minimum Gasteiger partial charge on any atom is -0.495 e. The molecule has 0 atom stereocenters. The summed E-state index contributed by atoms with van der Waals surface area (Å²) in [5, 5.41) is 3.10. The lowest BCUT2D eigenvalue weighted by Gasteiger charge is -2.15. The first-order valence-corrected chi connectivity index (χ1v) is 10.2. The molecule has 0 radical (unpaired) electrons. The zero-order valence-corrected chi connectivity index (χ0v) is 18.5. The first-order valence-electron chi connectivity index (χ1n) is 9.82. The van der Waals surface area contributed by atoms with E-state index in [1.807, 2.05) is 0 Å². The smallest absolute Gasteiger partial charge is 0.337 e. The highest BCUT2D eigenvalue weighted by atomic mass is 35.5. The predicted octanol–water partition coefficient (Wildman–Crippen LogP) is 2.86. The van der Waals surface area contributed by atoms with E-state index >= 15 is 0 Å². The summed E-state index contributed by atoms with van der Waals surface area (Å²) in [6.45, 7) is -0.526. The molecular weight excluding hydrogens is 448 g/mol. The number of fused-ring (bicyclic) bond motifs is 1. The molecule has 4 aromatic rings. The summed E-state index contributed by atoms with van der Waals surface area (Å²) in [5.74, 6) is 0.0634. The van der Waals surface area contributed by atoms with Gasteiger partial charge in [0.25, 0.3) is 5.56 Å². The predicted molar refractivity (Wildman–Crippen MR) is 125 cm³/mol. The van der Waals surface area contributed by atoms with E-state index in [1.165, 1.54) is 37.1 Å². The topological polar surface area (TPSA) is 104 Å². The van der Waals surface area contributed by atoms with Gasteiger partial charge in [-0.15, -0.1) is 0 Å². The standard InChI is InChI=1S/C23H19ClN4O5/c1-32-18-12-19(33-2)17(11-16(18)24)26-20(29)13-27-22(30)15-9-6-10-25-21(15)28(23(27)31)14-7-4-3-5-8-14/h3-12H,13H2,1-2H3,(H,26,29). The Morgan fingerprint density at radius 1 is 1.03 bits per heavy atom. The number of anilines is 1. The molecule has 1 N–H and O–H groups in total. The van der Waals surface area contributed by atoms with Gasteiger partial charge in [-0.25, -0.2) is 18.9 Å². The van der Waals surface area contributed by atoms with E-state index in [0.717, 1.165) is 4.57 Å². The highest BCUT2D eigenvalue weighted by Crippen LogP contribution is 2.35. The zero-order valence-electron chi connectivity index (χ0n) is 17.7. The number of para-hydroxylation sites is 1. The van der Waals surface area contributed by atoms with Crippen molar-refractivity contribution in [3.8, 4) is 17.2 Å². The number of amides is 1. The van der Waals surface area contributed by atoms with Crippen molar-refractivity contribution in [1.29, 1.82) is 0 Å². The molecule has 4 rings (SSSR count). The zero-order chi connectivity index (χ0) is 23.5. The minimum absolute atomic E-state index is 0.207. The van der Waals surface area contributed by atoms with Gasteiger partial charge in [0.2, 0.25) is 5.91 Å². The van der Waals surface area contributed by atoms with Gasteiger partial charge in [-0.2, -0.15) is 0 Å². The number of benzene rings is 2. The van der Waals surface area contributed by atoms with Gasteiger partial charge in [0.15, 0.2) is 5.65 Å². The van der Waals surface area contributed by atoms with E-state index in [0.29, 0.717) is 17.2 Å². The number of hydrogen-bond donors (Lipinski definition) is 1. The Bertz CT molecular complexity index is 1460. The van der Waals surface area contributed by atoms with Crippen molar-refractivity contribution in [3.63, 3.8) is 0 Å². The Kier molecular flexibility index (Phi) is 6.14. The average molecular weight is 467 g/mol. The fraction of sp³-hybridized carbons (Fsp3) is 0.130. The van der Waals surface area contributed by atoms with Crippen molar-refractivity contribution in [2.24, 2.45) is 0 Å². The van der Waals surface area contributed by atoms with Crippen LogP contribution in [0.5, 0.6) is 11.5 Å². The van der Waals surface area contributed by atoms with Crippen LogP contribution in [0.3, 0.4) is 0 Å². The molecule has 0 aliphatic carbocycles. The van der Waals surface area contributed by atoms with Gasteiger partial charge in [-0.1, -0.05) is 29.8 Å². The maximum Gasteiger partial charge on any atom is 0.337 e. The number of nitrogens with zero attached hydrogens (tertiary/aromatic N) is 3. The maximum absolute atomic E-state index is 13.3. The van der Waals surface area contributed by atoms with E-state index in [9.17, 15) is 14.4 Å². The molecule has 0 bridgehead atoms. The van der Waals surface area contributed by atoms with Crippen LogP contribution in [0.2, 0.25) is 5.02 Å². The number of methoxy groups -OCH3 is 2. The van der Waals surface area contributed by atoms with Crippen LogP contribution in [-0.2, 0) is 11.3 Å². The lowest BCUT2D eigenvalue weighted by atomic mass is 10.2. The second kappa shape index (κ2) is 9.17. The van der Waals surface area contributed by atoms with Crippen LogP contribution in [0.15, 0.2) is 70.4 Å². The minimum atomic E-state index is -0.688. The molecule has 0 aliphatic heterocycles. The van der Waals surface area contributed by atoms with Crippen LogP contribution >= 0.6 is 11.6 Å². The summed E-state index contributed by atoms with van der Waals surface area (Å²) < 4.78 is 12.6. The molecule has 0 aliphatic rings. The monoisotopic (exact) mass is 466 g/mol. The highest BCUT2D eigenvalue weighted by Gasteiger charge is 2.19. The average Bonchev–Trinajstić information content (AvgIpc) is 2.83. The van der Waals surface area contributed by atoms with Crippen molar-refractivity contribution >= 4 is 34.2 Å². The summed E-state index contributed by atoms with van der Waals surface area (Å²) in [5.41, 5.74) is -0.312. The summed E-state index contributed by atoms with van der Waals surface area (Å²) in [7, 11) is 2.88. The Balaban J connectivity index is 1.77. The number of halogens is 1. The third-order valence-corrected chi connectivity index (χ3v) is 5.26. The van der Waals surface area contributed by atoms with E-state index < -0.39 is 23.7 Å². The molecule has 2 aromatic heterocycles. The van der Waals surface area contributed by atoms with Gasteiger partial charge in [0.05, 0.1) is 36.0 Å². The molecule has 9 nitrogen and oxygen atoms in total. The SMILES string of the molecule is COc1cc(OC)c(NC(=O)Cn2c(=O)c3cccnc3n(-c3ccccc3)c2=O)cc1Cl. The Morgan fingerprint density at radius 2 is 1.76 bits per heavy atom. The normalized spacial score (nSPS) is 10.8. The van der Waals surface area contributed by atoms with E-state index in [1.54, 1.807) is 42.5 Å². The molecule has 0 unspecified atom stereocenters. The summed E-state index contributed by atoms with van der Waals surface area (Å²) >= 11 is 6.16. The third-order valence-electron chi connectivity index (χ3n) is 4.96. The molecular formula is C23H19ClN4O5. The quantitative estimate of drug-likeness (QED) is 0.468. The Labute approximate surface area is 192 Å². The van der Waals surface area contributed by atoms with E-state index in [2.05, 4.69) is 10.3 Å². The van der Waals surface area contributed by atoms with Crippen molar-refractivity contribution in [3.05, 3.63) is 86.7 Å². The first kappa shape index (κ1) is 22.1. The van der Waals surface area contributed by atoms with Crippen LogP contribution in [0, 0.1) is 0 Å². The van der Waals surface area contributed by atoms with Gasteiger partial charge in [0.1, 0.15) is 18.0 Å². The van der Waals surface area contributed by atoms with Crippen molar-refractivity contribution < 1.29 is 14.3 Å². The van der Waals surface area contributed by atoms with Gasteiger partial charge in [0, 0.05) is 12.3 Å². The largest absolute Gasteiger partial charge is 0.495 e. The highest BCUT2D eigenvalue weighted by molar-refractivity contribution is 6.32. The molecule has 0 saturated carbocycles. The number of hydrogen-bond acceptors (Lipinski definition) is 6. The fourth-order valence-corrected chi connectivity index (χ4v) is 3.67. The molecule has 0 fully saturated rings. The van der Waals surface area contributed by atoms with E-state index in [4.69, 9.17) is 21.1 Å². The summed E-state index contributed by atoms with van der Waals surface area (Å²) in [6, 6.07) is 14.9. The first-order chi connectivity index (χ1) is 15.9. The number of rotatable bonds is 6. The molecule has 33 heavy (non-hydrogen) atoms. The lowest BCUT2D eigenvalue weighted by molar-refractivity contribution is -0.116. The van der Waals surface area contributed by atoms with Crippen LogP contribution < -0.4 is 26.0 Å². The van der Waals surface area contributed by atoms with Gasteiger partial charge < -0.3 is 14.8 Å². The van der Waals surface area contributed by atoms with Crippen molar-refractivity contribution in [2.75, 3.05) is 19.5 Å². The number of carbonyl (C=O) groups excluding carboxylic acids is 1. The lowest BCUT2D eigenvalue weighted by Crippen LogP contribution is -2.42. The second-order valence-corrected chi connectivity index (χ2v) is 7.36. The molecule has 0 spiro atoms. The second-order valence-electron chi connectivity index (χ2n) is 6.95. The number of aromatic nitrogens is 3. The Hall–Kier alpha value is -4.11. The molecule has 10 heteroatoms. The summed E-state index contributed by atoms with van der Waals surface area (Å²) in [4.78, 5) is 43.4. The van der Waals surface area contributed by atoms with Gasteiger partial charge in [-0.05, 0) is 30.3 Å². The van der Waals surface area contributed by atoms with Crippen molar-refractivity contribution in [2.45, 2.75) is 6.54 Å². The van der Waals surface area contributed by atoms with E-state index in [-0.39, 0.29) is 21.7 Å². The third kappa shape index (κ3) is 4.18. The number of carbonyl (C=O) groups is 1.